The molecule has 0 aliphatic heterocycles. The number of carbonyl (C=O) groups is 1. The minimum atomic E-state index is -0.314. The summed E-state index contributed by atoms with van der Waals surface area (Å²) >= 11 is 6.56. The lowest BCUT2D eigenvalue weighted by atomic mass is 10.2. The Hall–Kier alpha value is -1.86. The zero-order chi connectivity index (χ0) is 16.8. The highest BCUT2D eigenvalue weighted by molar-refractivity contribution is 9.10. The molecule has 23 heavy (non-hydrogen) atoms. The van der Waals surface area contributed by atoms with Crippen LogP contribution in [0.2, 0.25) is 0 Å². The highest BCUT2D eigenvalue weighted by Crippen LogP contribution is 2.35. The summed E-state index contributed by atoms with van der Waals surface area (Å²) in [5.41, 5.74) is 3.62. The molecule has 0 fully saturated rings. The Kier molecular flexibility index (Phi) is 6.18. The van der Waals surface area contributed by atoms with Crippen molar-refractivity contribution in [3.8, 4) is 11.5 Å². The highest BCUT2D eigenvalue weighted by atomic mass is 79.9. The van der Waals surface area contributed by atoms with Crippen LogP contribution in [0, 0.1) is 0 Å². The standard InChI is InChI=1S/C16H14Br2N2O3/c1-2-23-14-7-10(6-13(18)15(14)21)9-19-20-16(22)11-4-3-5-12(17)8-11/h3-9,21H,2H2,1H3,(H,20,22). The molecule has 0 aliphatic carbocycles. The van der Waals surface area contributed by atoms with Gasteiger partial charge in [-0.25, -0.2) is 5.43 Å². The zero-order valence-corrected chi connectivity index (χ0v) is 15.4. The number of phenols is 1. The fourth-order valence-electron chi connectivity index (χ4n) is 1.79. The lowest BCUT2D eigenvalue weighted by Crippen LogP contribution is -2.17. The summed E-state index contributed by atoms with van der Waals surface area (Å²) in [6.07, 6.45) is 1.47. The van der Waals surface area contributed by atoms with Crippen LogP contribution in [0.25, 0.3) is 0 Å². The highest BCUT2D eigenvalue weighted by Gasteiger charge is 2.08. The van der Waals surface area contributed by atoms with E-state index in [9.17, 15) is 9.90 Å². The number of phenolic OH excluding ortho intramolecular Hbond substituents is 1. The molecule has 0 saturated heterocycles. The van der Waals surface area contributed by atoms with E-state index in [4.69, 9.17) is 4.74 Å². The number of halogens is 2. The molecule has 2 aromatic rings. The number of ether oxygens (including phenoxy) is 1. The van der Waals surface area contributed by atoms with Gasteiger partial charge >= 0.3 is 0 Å². The molecule has 7 heteroatoms. The molecule has 0 saturated carbocycles. The van der Waals surface area contributed by atoms with Gasteiger partial charge in [-0.3, -0.25) is 4.79 Å². The van der Waals surface area contributed by atoms with Gasteiger partial charge in [-0.2, -0.15) is 5.10 Å². The molecule has 0 atom stereocenters. The Morgan fingerprint density at radius 3 is 2.83 bits per heavy atom. The second-order valence-electron chi connectivity index (χ2n) is 4.49. The number of aromatic hydroxyl groups is 1. The minimum Gasteiger partial charge on any atom is -0.503 e. The van der Waals surface area contributed by atoms with E-state index in [0.29, 0.717) is 28.0 Å². The van der Waals surface area contributed by atoms with Crippen LogP contribution in [0.15, 0.2) is 50.4 Å². The van der Waals surface area contributed by atoms with Gasteiger partial charge < -0.3 is 9.84 Å². The van der Waals surface area contributed by atoms with Crippen LogP contribution in [0.4, 0.5) is 0 Å². The number of amides is 1. The van der Waals surface area contributed by atoms with Gasteiger partial charge in [0, 0.05) is 10.0 Å². The van der Waals surface area contributed by atoms with Gasteiger partial charge in [0.05, 0.1) is 17.3 Å². The number of benzene rings is 2. The van der Waals surface area contributed by atoms with E-state index < -0.39 is 0 Å². The molecule has 1 amide bonds. The van der Waals surface area contributed by atoms with Gasteiger partial charge in [-0.15, -0.1) is 0 Å². The summed E-state index contributed by atoms with van der Waals surface area (Å²) in [6.45, 7) is 2.26. The van der Waals surface area contributed by atoms with E-state index in [1.54, 1.807) is 30.3 Å². The maximum atomic E-state index is 12.0. The molecule has 0 heterocycles. The van der Waals surface area contributed by atoms with E-state index >= 15 is 0 Å². The van der Waals surface area contributed by atoms with Crippen molar-refractivity contribution in [3.05, 3.63) is 56.5 Å². The van der Waals surface area contributed by atoms with Crippen LogP contribution in [0.5, 0.6) is 11.5 Å². The number of nitrogens with zero attached hydrogens (tertiary/aromatic N) is 1. The Bertz CT molecular complexity index is 748. The molecule has 2 N–H and O–H groups in total. The van der Waals surface area contributed by atoms with Crippen molar-refractivity contribution in [1.82, 2.24) is 5.43 Å². The van der Waals surface area contributed by atoms with Gasteiger partial charge in [-0.1, -0.05) is 22.0 Å². The van der Waals surface area contributed by atoms with E-state index in [0.717, 1.165) is 4.47 Å². The van der Waals surface area contributed by atoms with Crippen molar-refractivity contribution in [2.24, 2.45) is 5.10 Å². The molecule has 0 aliphatic rings. The zero-order valence-electron chi connectivity index (χ0n) is 12.2. The Morgan fingerprint density at radius 1 is 1.35 bits per heavy atom. The summed E-state index contributed by atoms with van der Waals surface area (Å²) in [6, 6.07) is 10.3. The molecule has 0 aromatic heterocycles. The smallest absolute Gasteiger partial charge is 0.271 e. The minimum absolute atomic E-state index is 0.0298. The van der Waals surface area contributed by atoms with E-state index in [-0.39, 0.29) is 11.7 Å². The molecule has 120 valence electrons. The number of carbonyl (C=O) groups excluding carboxylic acids is 1. The van der Waals surface area contributed by atoms with Crippen molar-refractivity contribution >= 4 is 44.0 Å². The molecular weight excluding hydrogens is 428 g/mol. The molecule has 0 bridgehead atoms. The van der Waals surface area contributed by atoms with Crippen LogP contribution >= 0.6 is 31.9 Å². The fourth-order valence-corrected chi connectivity index (χ4v) is 2.65. The first-order chi connectivity index (χ1) is 11.0. The Labute approximate surface area is 150 Å². The third-order valence-corrected chi connectivity index (χ3v) is 3.91. The van der Waals surface area contributed by atoms with Crippen LogP contribution in [-0.2, 0) is 0 Å². The largest absolute Gasteiger partial charge is 0.503 e. The van der Waals surface area contributed by atoms with Gasteiger partial charge in [0.1, 0.15) is 0 Å². The summed E-state index contributed by atoms with van der Waals surface area (Å²) in [7, 11) is 0. The summed E-state index contributed by atoms with van der Waals surface area (Å²) in [4.78, 5) is 12.0. The van der Waals surface area contributed by atoms with Crippen molar-refractivity contribution < 1.29 is 14.6 Å². The van der Waals surface area contributed by atoms with Crippen molar-refractivity contribution in [2.45, 2.75) is 6.92 Å². The van der Waals surface area contributed by atoms with Gasteiger partial charge in [0.15, 0.2) is 11.5 Å². The van der Waals surface area contributed by atoms with E-state index in [1.165, 1.54) is 6.21 Å². The average Bonchev–Trinajstić information content (AvgIpc) is 2.52. The number of nitrogens with one attached hydrogen (secondary N) is 1. The monoisotopic (exact) mass is 440 g/mol. The predicted molar refractivity (Wildman–Crippen MR) is 96.2 cm³/mol. The van der Waals surface area contributed by atoms with Crippen LogP contribution in [0.3, 0.4) is 0 Å². The van der Waals surface area contributed by atoms with Gasteiger partial charge in [0.25, 0.3) is 5.91 Å². The molecule has 0 unspecified atom stereocenters. The molecule has 0 spiro atoms. The maximum Gasteiger partial charge on any atom is 0.271 e. The topological polar surface area (TPSA) is 70.9 Å². The Balaban J connectivity index is 2.10. The number of hydrazone groups is 1. The van der Waals surface area contributed by atoms with Crippen LogP contribution in [-0.4, -0.2) is 23.8 Å². The molecular formula is C16H14Br2N2O3. The molecule has 2 aromatic carbocycles. The second kappa shape index (κ2) is 8.12. The molecule has 0 radical (unpaired) electrons. The third kappa shape index (κ3) is 4.80. The van der Waals surface area contributed by atoms with E-state index in [2.05, 4.69) is 42.4 Å². The summed E-state index contributed by atoms with van der Waals surface area (Å²) in [5, 5.41) is 13.8. The number of hydrogen-bond acceptors (Lipinski definition) is 4. The molecule has 5 nitrogen and oxygen atoms in total. The predicted octanol–water partition coefficient (Wildman–Crippen LogP) is 4.08. The van der Waals surface area contributed by atoms with Crippen molar-refractivity contribution in [3.63, 3.8) is 0 Å². The quantitative estimate of drug-likeness (QED) is 0.542. The first kappa shape index (κ1) is 17.5. The first-order valence-corrected chi connectivity index (χ1v) is 8.34. The maximum absolute atomic E-state index is 12.0. The lowest BCUT2D eigenvalue weighted by Gasteiger charge is -2.08. The number of rotatable bonds is 5. The summed E-state index contributed by atoms with van der Waals surface area (Å²) < 4.78 is 6.64. The van der Waals surface area contributed by atoms with Gasteiger partial charge in [0.2, 0.25) is 0 Å². The van der Waals surface area contributed by atoms with Crippen molar-refractivity contribution in [2.75, 3.05) is 6.61 Å². The summed E-state index contributed by atoms with van der Waals surface area (Å²) in [5.74, 6) is 0.0641. The van der Waals surface area contributed by atoms with Crippen LogP contribution in [0.1, 0.15) is 22.8 Å². The SMILES string of the molecule is CCOc1cc(C=NNC(=O)c2cccc(Br)c2)cc(Br)c1O. The Morgan fingerprint density at radius 2 is 2.13 bits per heavy atom. The second-order valence-corrected chi connectivity index (χ2v) is 6.26. The first-order valence-electron chi connectivity index (χ1n) is 6.75. The van der Waals surface area contributed by atoms with E-state index in [1.807, 2.05) is 13.0 Å². The number of hydrogen-bond donors (Lipinski definition) is 2. The fraction of sp³-hybridized carbons (Fsp3) is 0.125. The third-order valence-electron chi connectivity index (χ3n) is 2.82. The lowest BCUT2D eigenvalue weighted by molar-refractivity contribution is 0.0955. The normalized spacial score (nSPS) is 10.7. The van der Waals surface area contributed by atoms with Crippen LogP contribution < -0.4 is 10.2 Å². The molecule has 2 rings (SSSR count). The van der Waals surface area contributed by atoms with Gasteiger partial charge in [-0.05, 0) is 58.7 Å². The van der Waals surface area contributed by atoms with Crippen molar-refractivity contribution in [1.29, 1.82) is 0 Å². The average molecular weight is 442 g/mol.